The first kappa shape index (κ1) is 15.0. The maximum absolute atomic E-state index is 12.7. The Bertz CT molecular complexity index is 675. The van der Waals surface area contributed by atoms with Crippen LogP contribution < -0.4 is 5.32 Å². The molecule has 4 nitrogen and oxygen atoms in total. The van der Waals surface area contributed by atoms with E-state index in [0.717, 1.165) is 17.7 Å². The summed E-state index contributed by atoms with van der Waals surface area (Å²) in [6, 6.07) is 9.50. The van der Waals surface area contributed by atoms with Gasteiger partial charge in [0.1, 0.15) is 0 Å². The van der Waals surface area contributed by atoms with Gasteiger partial charge >= 0.3 is 0 Å². The second kappa shape index (κ2) is 6.46. The summed E-state index contributed by atoms with van der Waals surface area (Å²) >= 11 is 6.03. The fourth-order valence-corrected chi connectivity index (χ4v) is 2.82. The molecule has 2 aromatic rings. The van der Waals surface area contributed by atoms with E-state index >= 15 is 0 Å². The molecular formula is C17H18ClN3O. The number of carbonyl (C=O) groups excluding carboxylic acids is 1. The van der Waals surface area contributed by atoms with E-state index in [1.807, 2.05) is 36.2 Å². The number of pyridine rings is 1. The van der Waals surface area contributed by atoms with Gasteiger partial charge in [0.2, 0.25) is 0 Å². The molecule has 1 aromatic carbocycles. The number of hydrogen-bond donors (Lipinski definition) is 1. The van der Waals surface area contributed by atoms with E-state index in [4.69, 9.17) is 11.6 Å². The van der Waals surface area contributed by atoms with Crippen LogP contribution in [0.1, 0.15) is 27.5 Å². The van der Waals surface area contributed by atoms with Crippen LogP contribution in [0.2, 0.25) is 5.02 Å². The average Bonchev–Trinajstić information content (AvgIpc) is 2.57. The van der Waals surface area contributed by atoms with Gasteiger partial charge in [-0.3, -0.25) is 9.78 Å². The Hall–Kier alpha value is -1.91. The highest BCUT2D eigenvalue weighted by Crippen LogP contribution is 2.20. The smallest absolute Gasteiger partial charge is 0.253 e. The summed E-state index contributed by atoms with van der Waals surface area (Å²) in [6.07, 6.45) is 3.60. The zero-order chi connectivity index (χ0) is 15.5. The third-order valence-corrected chi connectivity index (χ3v) is 4.38. The van der Waals surface area contributed by atoms with Crippen molar-refractivity contribution < 1.29 is 4.79 Å². The molecule has 1 unspecified atom stereocenters. The minimum Gasteiger partial charge on any atom is -0.335 e. The molecule has 0 bridgehead atoms. The Labute approximate surface area is 135 Å². The van der Waals surface area contributed by atoms with Crippen molar-refractivity contribution in [1.29, 1.82) is 0 Å². The van der Waals surface area contributed by atoms with Crippen molar-refractivity contribution in [2.75, 3.05) is 19.6 Å². The largest absolute Gasteiger partial charge is 0.335 e. The highest BCUT2D eigenvalue weighted by molar-refractivity contribution is 6.31. The van der Waals surface area contributed by atoms with Crippen LogP contribution in [0.15, 0.2) is 42.7 Å². The van der Waals surface area contributed by atoms with Crippen LogP contribution in [-0.4, -0.2) is 35.4 Å². The first-order valence-corrected chi connectivity index (χ1v) is 7.71. The maximum Gasteiger partial charge on any atom is 0.253 e. The van der Waals surface area contributed by atoms with Crippen LogP contribution in [-0.2, 0) is 0 Å². The Balaban J connectivity index is 1.76. The van der Waals surface area contributed by atoms with Crippen molar-refractivity contribution in [3.05, 3.63) is 64.4 Å². The average molecular weight is 316 g/mol. The van der Waals surface area contributed by atoms with Crippen molar-refractivity contribution in [1.82, 2.24) is 15.2 Å². The number of aryl methyl sites for hydroxylation is 1. The lowest BCUT2D eigenvalue weighted by Gasteiger charge is -2.34. The monoisotopic (exact) mass is 315 g/mol. The number of nitrogens with zero attached hydrogens (tertiary/aromatic N) is 2. The number of amides is 1. The normalized spacial score (nSPS) is 18.3. The van der Waals surface area contributed by atoms with Crippen LogP contribution in [0.25, 0.3) is 0 Å². The first-order chi connectivity index (χ1) is 10.6. The van der Waals surface area contributed by atoms with Gasteiger partial charge in [0.15, 0.2) is 0 Å². The lowest BCUT2D eigenvalue weighted by Crippen LogP contribution is -2.48. The van der Waals surface area contributed by atoms with E-state index in [1.165, 1.54) is 0 Å². The molecule has 0 spiro atoms. The molecule has 22 heavy (non-hydrogen) atoms. The van der Waals surface area contributed by atoms with E-state index in [1.54, 1.807) is 18.3 Å². The molecule has 1 atom stereocenters. The molecule has 2 heterocycles. The zero-order valence-corrected chi connectivity index (χ0v) is 13.2. The predicted molar refractivity (Wildman–Crippen MR) is 87.1 cm³/mol. The number of halogens is 1. The molecule has 3 rings (SSSR count). The molecule has 0 aliphatic carbocycles. The molecule has 5 heteroatoms. The predicted octanol–water partition coefficient (Wildman–Crippen LogP) is 2.83. The molecule has 114 valence electrons. The third-order valence-electron chi connectivity index (χ3n) is 3.95. The molecule has 1 saturated heterocycles. The molecule has 1 N–H and O–H groups in total. The maximum atomic E-state index is 12.7. The summed E-state index contributed by atoms with van der Waals surface area (Å²) < 4.78 is 0. The van der Waals surface area contributed by atoms with E-state index in [2.05, 4.69) is 10.3 Å². The number of rotatable bonds is 2. The summed E-state index contributed by atoms with van der Waals surface area (Å²) in [7, 11) is 0. The van der Waals surface area contributed by atoms with E-state index in [9.17, 15) is 4.79 Å². The number of piperazine rings is 1. The first-order valence-electron chi connectivity index (χ1n) is 7.34. The molecule has 1 aromatic heterocycles. The lowest BCUT2D eigenvalue weighted by molar-refractivity contribution is 0.0702. The standard InChI is InChI=1S/C17H18ClN3O/c1-12-9-13(4-5-15(12)18)17(22)21-8-7-20-16(11-21)14-3-2-6-19-10-14/h2-6,9-10,16,20H,7-8,11H2,1H3. The number of carbonyl (C=O) groups is 1. The highest BCUT2D eigenvalue weighted by atomic mass is 35.5. The Morgan fingerprint density at radius 1 is 1.41 bits per heavy atom. The highest BCUT2D eigenvalue weighted by Gasteiger charge is 2.25. The summed E-state index contributed by atoms with van der Waals surface area (Å²) in [5.74, 6) is 0.0511. The van der Waals surface area contributed by atoms with Gasteiger partial charge in [0.05, 0.1) is 6.04 Å². The second-order valence-electron chi connectivity index (χ2n) is 5.51. The zero-order valence-electron chi connectivity index (χ0n) is 12.4. The van der Waals surface area contributed by atoms with E-state index < -0.39 is 0 Å². The third kappa shape index (κ3) is 3.13. The number of nitrogens with one attached hydrogen (secondary N) is 1. The van der Waals surface area contributed by atoms with Gasteiger partial charge in [-0.25, -0.2) is 0 Å². The number of hydrogen-bond acceptors (Lipinski definition) is 3. The SMILES string of the molecule is Cc1cc(C(=O)N2CCNC(c3cccnc3)C2)ccc1Cl. The Kier molecular flexibility index (Phi) is 4.41. The Morgan fingerprint density at radius 2 is 2.27 bits per heavy atom. The van der Waals surface area contributed by atoms with Crippen molar-refractivity contribution >= 4 is 17.5 Å². The molecule has 1 aliphatic rings. The van der Waals surface area contributed by atoms with Crippen LogP contribution in [0.3, 0.4) is 0 Å². The van der Waals surface area contributed by atoms with E-state index in [0.29, 0.717) is 23.7 Å². The van der Waals surface area contributed by atoms with Gasteiger partial charge in [0, 0.05) is 42.6 Å². The van der Waals surface area contributed by atoms with Gasteiger partial charge in [-0.2, -0.15) is 0 Å². The minimum atomic E-state index is 0.0511. The van der Waals surface area contributed by atoms with Crippen LogP contribution in [0.4, 0.5) is 0 Å². The lowest BCUT2D eigenvalue weighted by atomic mass is 10.1. The molecule has 0 radical (unpaired) electrons. The van der Waals surface area contributed by atoms with E-state index in [-0.39, 0.29) is 11.9 Å². The van der Waals surface area contributed by atoms with Crippen LogP contribution in [0.5, 0.6) is 0 Å². The fourth-order valence-electron chi connectivity index (χ4n) is 2.70. The van der Waals surface area contributed by atoms with Crippen LogP contribution in [0, 0.1) is 6.92 Å². The van der Waals surface area contributed by atoms with Crippen molar-refractivity contribution in [2.45, 2.75) is 13.0 Å². The summed E-state index contributed by atoms with van der Waals surface area (Å²) in [4.78, 5) is 18.7. The van der Waals surface area contributed by atoms with Gasteiger partial charge in [0.25, 0.3) is 5.91 Å². The molecular weight excluding hydrogens is 298 g/mol. The second-order valence-corrected chi connectivity index (χ2v) is 5.92. The number of aromatic nitrogens is 1. The number of benzene rings is 1. The van der Waals surface area contributed by atoms with Crippen molar-refractivity contribution in [2.24, 2.45) is 0 Å². The minimum absolute atomic E-state index is 0.0511. The summed E-state index contributed by atoms with van der Waals surface area (Å²) in [5, 5.41) is 4.12. The fraction of sp³-hybridized carbons (Fsp3) is 0.294. The van der Waals surface area contributed by atoms with Crippen molar-refractivity contribution in [3.63, 3.8) is 0 Å². The summed E-state index contributed by atoms with van der Waals surface area (Å²) in [5.41, 5.74) is 2.72. The molecule has 1 aliphatic heterocycles. The van der Waals surface area contributed by atoms with Gasteiger partial charge in [-0.05, 0) is 42.3 Å². The van der Waals surface area contributed by atoms with Crippen molar-refractivity contribution in [3.8, 4) is 0 Å². The molecule has 1 fully saturated rings. The van der Waals surface area contributed by atoms with Gasteiger partial charge < -0.3 is 10.2 Å². The topological polar surface area (TPSA) is 45.2 Å². The van der Waals surface area contributed by atoms with Gasteiger partial charge in [-0.1, -0.05) is 17.7 Å². The summed E-state index contributed by atoms with van der Waals surface area (Å²) in [6.45, 7) is 4.04. The molecule has 0 saturated carbocycles. The van der Waals surface area contributed by atoms with Crippen LogP contribution >= 0.6 is 11.6 Å². The quantitative estimate of drug-likeness (QED) is 0.927. The molecule has 1 amide bonds. The van der Waals surface area contributed by atoms with Gasteiger partial charge in [-0.15, -0.1) is 0 Å². The Morgan fingerprint density at radius 3 is 3.00 bits per heavy atom.